The highest BCUT2D eigenvalue weighted by atomic mass is 16.5. The van der Waals surface area contributed by atoms with Crippen LogP contribution in [0.3, 0.4) is 0 Å². The number of fused-ring (bicyclic) bond motifs is 1. The summed E-state index contributed by atoms with van der Waals surface area (Å²) < 4.78 is 6.16. The van der Waals surface area contributed by atoms with Crippen LogP contribution in [0.25, 0.3) is 0 Å². The second-order valence-corrected chi connectivity index (χ2v) is 8.61. The van der Waals surface area contributed by atoms with E-state index in [9.17, 15) is 4.79 Å². The van der Waals surface area contributed by atoms with Gasteiger partial charge in [-0.1, -0.05) is 32.0 Å². The van der Waals surface area contributed by atoms with Crippen LogP contribution < -0.4 is 4.74 Å². The normalized spacial score (nSPS) is 23.0. The number of likely N-dealkylation sites (tertiary alicyclic amines) is 1. The molecule has 2 aliphatic rings. The van der Waals surface area contributed by atoms with Crippen molar-refractivity contribution >= 4 is 5.91 Å². The van der Waals surface area contributed by atoms with Gasteiger partial charge in [-0.05, 0) is 45.8 Å². The third kappa shape index (κ3) is 4.87. The SMILES string of the molecule is CCC(CC)C(=O)N1CCCC1CN1Cc2ccccc2OCC1CN(C)C. The van der Waals surface area contributed by atoms with E-state index in [4.69, 9.17) is 4.74 Å². The first-order valence-electron chi connectivity index (χ1n) is 10.9. The van der Waals surface area contributed by atoms with Gasteiger partial charge in [-0.15, -0.1) is 0 Å². The van der Waals surface area contributed by atoms with Crippen LogP contribution in [0.1, 0.15) is 45.1 Å². The Morgan fingerprint density at radius 2 is 1.96 bits per heavy atom. The molecule has 2 unspecified atom stereocenters. The fourth-order valence-corrected chi connectivity index (χ4v) is 4.68. The maximum absolute atomic E-state index is 13.1. The molecule has 5 nitrogen and oxygen atoms in total. The zero-order chi connectivity index (χ0) is 20.1. The van der Waals surface area contributed by atoms with Gasteiger partial charge in [0.15, 0.2) is 0 Å². The fourth-order valence-electron chi connectivity index (χ4n) is 4.68. The van der Waals surface area contributed by atoms with Crippen LogP contribution in [-0.2, 0) is 11.3 Å². The molecule has 2 aliphatic heterocycles. The van der Waals surface area contributed by atoms with Crippen molar-refractivity contribution in [3.63, 3.8) is 0 Å². The van der Waals surface area contributed by atoms with Gasteiger partial charge in [-0.2, -0.15) is 0 Å². The van der Waals surface area contributed by atoms with Gasteiger partial charge in [-0.3, -0.25) is 9.69 Å². The summed E-state index contributed by atoms with van der Waals surface area (Å²) in [5, 5.41) is 0. The Morgan fingerprint density at radius 1 is 1.21 bits per heavy atom. The lowest BCUT2D eigenvalue weighted by Gasteiger charge is -2.36. The maximum Gasteiger partial charge on any atom is 0.225 e. The van der Waals surface area contributed by atoms with E-state index in [2.05, 4.69) is 60.8 Å². The molecule has 0 bridgehead atoms. The van der Waals surface area contributed by atoms with Crippen molar-refractivity contribution in [2.45, 2.75) is 58.2 Å². The number of nitrogens with zero attached hydrogens (tertiary/aromatic N) is 3. The topological polar surface area (TPSA) is 36.0 Å². The minimum absolute atomic E-state index is 0.173. The van der Waals surface area contributed by atoms with Crippen molar-refractivity contribution in [3.8, 4) is 5.75 Å². The Bertz CT molecular complexity index is 644. The molecule has 1 aromatic carbocycles. The number of likely N-dealkylation sites (N-methyl/N-ethyl adjacent to an activating group) is 1. The second kappa shape index (κ2) is 9.75. The number of carbonyl (C=O) groups is 1. The van der Waals surface area contributed by atoms with Gasteiger partial charge in [0.1, 0.15) is 12.4 Å². The fraction of sp³-hybridized carbons (Fsp3) is 0.696. The van der Waals surface area contributed by atoms with Crippen LogP contribution in [0.4, 0.5) is 0 Å². The van der Waals surface area contributed by atoms with Gasteiger partial charge >= 0.3 is 0 Å². The Kier molecular flexibility index (Phi) is 7.36. The smallest absolute Gasteiger partial charge is 0.225 e. The first-order valence-corrected chi connectivity index (χ1v) is 10.9. The van der Waals surface area contributed by atoms with E-state index in [-0.39, 0.29) is 5.92 Å². The first-order chi connectivity index (χ1) is 13.5. The summed E-state index contributed by atoms with van der Waals surface area (Å²) in [4.78, 5) is 20.0. The van der Waals surface area contributed by atoms with Gasteiger partial charge in [0.2, 0.25) is 5.91 Å². The summed E-state index contributed by atoms with van der Waals surface area (Å²) in [5.74, 6) is 1.54. The van der Waals surface area contributed by atoms with Gasteiger partial charge < -0.3 is 14.5 Å². The van der Waals surface area contributed by atoms with E-state index in [1.165, 1.54) is 5.56 Å². The molecule has 0 aromatic heterocycles. The largest absolute Gasteiger partial charge is 0.492 e. The van der Waals surface area contributed by atoms with Gasteiger partial charge in [0.05, 0.1) is 6.04 Å². The molecule has 2 heterocycles. The Labute approximate surface area is 170 Å². The monoisotopic (exact) mass is 387 g/mol. The number of benzene rings is 1. The highest BCUT2D eigenvalue weighted by Gasteiger charge is 2.35. The Hall–Kier alpha value is -1.59. The molecular formula is C23H37N3O2. The highest BCUT2D eigenvalue weighted by Crippen LogP contribution is 2.28. The molecule has 0 spiro atoms. The summed E-state index contributed by atoms with van der Waals surface area (Å²) in [6.45, 7) is 8.66. The van der Waals surface area contributed by atoms with Crippen molar-refractivity contribution in [1.29, 1.82) is 0 Å². The van der Waals surface area contributed by atoms with E-state index < -0.39 is 0 Å². The van der Waals surface area contributed by atoms with E-state index in [1.54, 1.807) is 0 Å². The third-order valence-electron chi connectivity index (χ3n) is 6.31. The number of hydrogen-bond acceptors (Lipinski definition) is 4. The van der Waals surface area contributed by atoms with Gasteiger partial charge in [0.25, 0.3) is 0 Å². The lowest BCUT2D eigenvalue weighted by molar-refractivity contribution is -0.137. The molecular weight excluding hydrogens is 350 g/mol. The van der Waals surface area contributed by atoms with Crippen LogP contribution in [0.2, 0.25) is 0 Å². The number of amides is 1. The molecule has 5 heteroatoms. The first kappa shape index (κ1) is 21.1. The van der Waals surface area contributed by atoms with Gasteiger partial charge in [0, 0.05) is 43.7 Å². The minimum atomic E-state index is 0.173. The summed E-state index contributed by atoms with van der Waals surface area (Å²) in [7, 11) is 4.24. The predicted octanol–water partition coefficient (Wildman–Crippen LogP) is 3.24. The maximum atomic E-state index is 13.1. The van der Waals surface area contributed by atoms with Gasteiger partial charge in [-0.25, -0.2) is 0 Å². The third-order valence-corrected chi connectivity index (χ3v) is 6.31. The quantitative estimate of drug-likeness (QED) is 0.720. The zero-order valence-electron chi connectivity index (χ0n) is 18.1. The molecule has 0 N–H and O–H groups in total. The van der Waals surface area contributed by atoms with Crippen LogP contribution >= 0.6 is 0 Å². The lowest BCUT2D eigenvalue weighted by atomic mass is 10.0. The zero-order valence-corrected chi connectivity index (χ0v) is 18.1. The molecule has 0 radical (unpaired) electrons. The van der Waals surface area contributed by atoms with Crippen molar-refractivity contribution < 1.29 is 9.53 Å². The van der Waals surface area contributed by atoms with Crippen molar-refractivity contribution in [2.24, 2.45) is 5.92 Å². The van der Waals surface area contributed by atoms with Crippen molar-refractivity contribution in [2.75, 3.05) is 40.3 Å². The predicted molar refractivity (Wildman–Crippen MR) is 113 cm³/mol. The lowest BCUT2D eigenvalue weighted by Crippen LogP contribution is -2.51. The molecule has 1 fully saturated rings. The molecule has 3 rings (SSSR count). The standard InChI is InChI=1S/C23H37N3O2/c1-5-18(6-2)23(27)26-13-9-11-20(26)16-25-14-19-10-7-8-12-22(19)28-17-21(25)15-24(3)4/h7-8,10,12,18,20-21H,5-6,9,11,13-17H2,1-4H3. The van der Waals surface area contributed by atoms with Crippen molar-refractivity contribution in [3.05, 3.63) is 29.8 Å². The molecule has 1 amide bonds. The molecule has 0 aliphatic carbocycles. The van der Waals surface area contributed by atoms with E-state index in [1.807, 2.05) is 6.07 Å². The van der Waals surface area contributed by atoms with E-state index >= 15 is 0 Å². The summed E-state index contributed by atoms with van der Waals surface area (Å²) in [5.41, 5.74) is 1.25. The minimum Gasteiger partial charge on any atom is -0.492 e. The number of rotatable bonds is 7. The highest BCUT2D eigenvalue weighted by molar-refractivity contribution is 5.79. The summed E-state index contributed by atoms with van der Waals surface area (Å²) >= 11 is 0. The molecule has 0 saturated carbocycles. The molecule has 28 heavy (non-hydrogen) atoms. The van der Waals surface area contributed by atoms with E-state index in [0.29, 0.717) is 24.6 Å². The average molecular weight is 388 g/mol. The average Bonchev–Trinajstić information content (AvgIpc) is 3.07. The molecule has 1 saturated heterocycles. The number of para-hydroxylation sites is 1. The molecule has 2 atom stereocenters. The van der Waals surface area contributed by atoms with Crippen LogP contribution in [0.5, 0.6) is 5.75 Å². The number of ether oxygens (including phenoxy) is 1. The summed E-state index contributed by atoms with van der Waals surface area (Å²) in [6.07, 6.45) is 4.11. The van der Waals surface area contributed by atoms with E-state index in [0.717, 1.165) is 57.6 Å². The Balaban J connectivity index is 1.77. The van der Waals surface area contributed by atoms with Crippen LogP contribution in [0, 0.1) is 5.92 Å². The molecule has 1 aromatic rings. The Morgan fingerprint density at radius 3 is 2.68 bits per heavy atom. The number of carbonyl (C=O) groups excluding carboxylic acids is 1. The second-order valence-electron chi connectivity index (χ2n) is 8.61. The molecule has 156 valence electrons. The van der Waals surface area contributed by atoms with Crippen LogP contribution in [0.15, 0.2) is 24.3 Å². The summed E-state index contributed by atoms with van der Waals surface area (Å²) in [6, 6.07) is 9.02. The van der Waals surface area contributed by atoms with Crippen molar-refractivity contribution in [1.82, 2.24) is 14.7 Å². The van der Waals surface area contributed by atoms with Crippen LogP contribution in [-0.4, -0.2) is 73.0 Å². The number of hydrogen-bond donors (Lipinski definition) is 0.